The van der Waals surface area contributed by atoms with E-state index in [1.54, 1.807) is 12.0 Å². The van der Waals surface area contributed by atoms with Crippen LogP contribution in [0.2, 0.25) is 0 Å². The van der Waals surface area contributed by atoms with E-state index in [9.17, 15) is 9.59 Å². The summed E-state index contributed by atoms with van der Waals surface area (Å²) in [6, 6.07) is 10.7. The number of carbonyl (C=O) groups excluding carboxylic acids is 2. The van der Waals surface area contributed by atoms with Gasteiger partial charge in [0.1, 0.15) is 17.5 Å². The Balaban J connectivity index is 2.21. The highest BCUT2D eigenvalue weighted by atomic mass is 79.9. The van der Waals surface area contributed by atoms with Gasteiger partial charge in [-0.25, -0.2) is 0 Å². The molecule has 0 aromatic heterocycles. The summed E-state index contributed by atoms with van der Waals surface area (Å²) >= 11 is 3.55. The lowest BCUT2D eigenvalue weighted by molar-refractivity contribution is -0.143. The number of hydrogen-bond donors (Lipinski definition) is 1. The number of aryl methyl sites for hydroxylation is 2. The normalized spacial score (nSPS) is 11.6. The predicted octanol–water partition coefficient (Wildman–Crippen LogP) is 5.18. The van der Waals surface area contributed by atoms with Gasteiger partial charge in [-0.15, -0.1) is 0 Å². The lowest BCUT2D eigenvalue weighted by Crippen LogP contribution is -2.50. The maximum Gasteiger partial charge on any atom is 0.261 e. The van der Waals surface area contributed by atoms with Crippen LogP contribution in [0.25, 0.3) is 0 Å². The summed E-state index contributed by atoms with van der Waals surface area (Å²) in [4.78, 5) is 27.8. The van der Waals surface area contributed by atoms with Crippen molar-refractivity contribution in [2.45, 2.75) is 59.5 Å². The fraction of sp³-hybridized carbons (Fsp3) is 0.462. The molecule has 0 aliphatic heterocycles. The van der Waals surface area contributed by atoms with Gasteiger partial charge < -0.3 is 19.7 Å². The fourth-order valence-electron chi connectivity index (χ4n) is 3.57. The lowest BCUT2D eigenvalue weighted by atomic mass is 10.1. The highest BCUT2D eigenvalue weighted by molar-refractivity contribution is 9.10. The Hall–Kier alpha value is -2.54. The minimum atomic E-state index is -0.576. The van der Waals surface area contributed by atoms with Crippen molar-refractivity contribution in [2.24, 2.45) is 0 Å². The maximum atomic E-state index is 13.3. The number of amides is 2. The van der Waals surface area contributed by atoms with Crippen molar-refractivity contribution in [3.05, 3.63) is 57.6 Å². The molecule has 33 heavy (non-hydrogen) atoms. The molecule has 0 spiro atoms. The van der Waals surface area contributed by atoms with Gasteiger partial charge in [-0.05, 0) is 67.6 Å². The summed E-state index contributed by atoms with van der Waals surface area (Å²) in [5.74, 6) is 1.00. The SMILES string of the molecule is CCCCNC(=O)C(CC)N(Cc1ccc(OC)cc1)C(=O)COc1cc(C)c(Br)c(C)c1. The fourth-order valence-corrected chi connectivity index (χ4v) is 3.80. The Morgan fingerprint density at radius 1 is 1.06 bits per heavy atom. The molecule has 180 valence electrons. The summed E-state index contributed by atoms with van der Waals surface area (Å²) in [6.07, 6.45) is 2.40. The molecule has 2 rings (SSSR count). The third-order valence-electron chi connectivity index (χ3n) is 5.50. The largest absolute Gasteiger partial charge is 0.497 e. The monoisotopic (exact) mass is 518 g/mol. The molecule has 0 aliphatic carbocycles. The van der Waals surface area contributed by atoms with Crippen LogP contribution in [0.4, 0.5) is 0 Å². The van der Waals surface area contributed by atoms with Crippen molar-refractivity contribution in [1.29, 1.82) is 0 Å². The van der Waals surface area contributed by atoms with Crippen molar-refractivity contribution < 1.29 is 19.1 Å². The van der Waals surface area contributed by atoms with Crippen LogP contribution in [0.15, 0.2) is 40.9 Å². The summed E-state index contributed by atoms with van der Waals surface area (Å²) in [5, 5.41) is 2.97. The number of nitrogens with zero attached hydrogens (tertiary/aromatic N) is 1. The van der Waals surface area contributed by atoms with Gasteiger partial charge in [0.25, 0.3) is 5.91 Å². The summed E-state index contributed by atoms with van der Waals surface area (Å²) in [6.45, 7) is 8.72. The van der Waals surface area contributed by atoms with E-state index in [0.717, 1.165) is 39.8 Å². The van der Waals surface area contributed by atoms with E-state index in [0.29, 0.717) is 25.3 Å². The first-order valence-electron chi connectivity index (χ1n) is 11.4. The van der Waals surface area contributed by atoms with Crippen LogP contribution in [-0.2, 0) is 16.1 Å². The Morgan fingerprint density at radius 2 is 1.70 bits per heavy atom. The molecular formula is C26H35BrN2O4. The maximum absolute atomic E-state index is 13.3. The van der Waals surface area contributed by atoms with Crippen molar-refractivity contribution in [1.82, 2.24) is 10.2 Å². The van der Waals surface area contributed by atoms with Gasteiger partial charge in [-0.3, -0.25) is 9.59 Å². The molecule has 1 unspecified atom stereocenters. The molecule has 2 aromatic rings. The number of carbonyl (C=O) groups is 2. The smallest absolute Gasteiger partial charge is 0.261 e. The highest BCUT2D eigenvalue weighted by Crippen LogP contribution is 2.26. The topological polar surface area (TPSA) is 67.9 Å². The van der Waals surface area contributed by atoms with Gasteiger partial charge in [0, 0.05) is 17.6 Å². The van der Waals surface area contributed by atoms with E-state index in [1.807, 2.05) is 57.2 Å². The summed E-state index contributed by atoms with van der Waals surface area (Å²) < 4.78 is 12.1. The number of hydrogen-bond acceptors (Lipinski definition) is 4. The number of nitrogens with one attached hydrogen (secondary N) is 1. The van der Waals surface area contributed by atoms with E-state index in [4.69, 9.17) is 9.47 Å². The average Bonchev–Trinajstić information content (AvgIpc) is 2.81. The Kier molecular flexibility index (Phi) is 10.7. The molecule has 0 aliphatic rings. The van der Waals surface area contributed by atoms with E-state index in [-0.39, 0.29) is 18.4 Å². The zero-order valence-corrected chi connectivity index (χ0v) is 21.8. The molecule has 1 atom stereocenters. The first kappa shape index (κ1) is 26.7. The highest BCUT2D eigenvalue weighted by Gasteiger charge is 2.28. The van der Waals surface area contributed by atoms with Crippen molar-refractivity contribution >= 4 is 27.7 Å². The van der Waals surface area contributed by atoms with E-state index in [2.05, 4.69) is 28.2 Å². The third kappa shape index (κ3) is 7.77. The van der Waals surface area contributed by atoms with Gasteiger partial charge in [-0.2, -0.15) is 0 Å². The quantitative estimate of drug-likeness (QED) is 0.393. The van der Waals surface area contributed by atoms with E-state index >= 15 is 0 Å². The minimum absolute atomic E-state index is 0.136. The average molecular weight is 519 g/mol. The zero-order valence-electron chi connectivity index (χ0n) is 20.2. The second-order valence-electron chi connectivity index (χ2n) is 8.10. The Bertz CT molecular complexity index is 907. The molecule has 0 heterocycles. The molecule has 0 saturated heterocycles. The first-order chi connectivity index (χ1) is 15.8. The van der Waals surface area contributed by atoms with Crippen LogP contribution in [0.5, 0.6) is 11.5 Å². The van der Waals surface area contributed by atoms with Crippen molar-refractivity contribution in [3.63, 3.8) is 0 Å². The number of methoxy groups -OCH3 is 1. The van der Waals surface area contributed by atoms with Crippen LogP contribution >= 0.6 is 15.9 Å². The number of benzene rings is 2. The van der Waals surface area contributed by atoms with Crippen molar-refractivity contribution in [3.8, 4) is 11.5 Å². The van der Waals surface area contributed by atoms with Crippen LogP contribution in [0, 0.1) is 13.8 Å². The first-order valence-corrected chi connectivity index (χ1v) is 12.2. The van der Waals surface area contributed by atoms with Crippen LogP contribution in [0.3, 0.4) is 0 Å². The molecule has 6 nitrogen and oxygen atoms in total. The molecule has 0 fully saturated rings. The van der Waals surface area contributed by atoms with Gasteiger partial charge >= 0.3 is 0 Å². The van der Waals surface area contributed by atoms with Crippen LogP contribution in [0.1, 0.15) is 49.8 Å². The number of unbranched alkanes of at least 4 members (excludes halogenated alkanes) is 1. The van der Waals surface area contributed by atoms with Crippen molar-refractivity contribution in [2.75, 3.05) is 20.3 Å². The Labute approximate surface area is 205 Å². The van der Waals surface area contributed by atoms with E-state index < -0.39 is 6.04 Å². The molecule has 2 amide bonds. The van der Waals surface area contributed by atoms with Crippen LogP contribution < -0.4 is 14.8 Å². The number of ether oxygens (including phenoxy) is 2. The molecule has 2 aromatic carbocycles. The second-order valence-corrected chi connectivity index (χ2v) is 8.89. The van der Waals surface area contributed by atoms with Gasteiger partial charge in [0.2, 0.25) is 5.91 Å². The van der Waals surface area contributed by atoms with Gasteiger partial charge in [-0.1, -0.05) is 48.3 Å². The standard InChI is InChI=1S/C26H35BrN2O4/c1-6-8-13-28-26(31)23(7-2)29(16-20-9-11-21(32-5)12-10-20)24(30)17-33-22-14-18(3)25(27)19(4)15-22/h9-12,14-15,23H,6-8,13,16-17H2,1-5H3,(H,28,31). The minimum Gasteiger partial charge on any atom is -0.497 e. The summed E-state index contributed by atoms with van der Waals surface area (Å²) in [7, 11) is 1.61. The third-order valence-corrected chi connectivity index (χ3v) is 6.75. The molecule has 0 bridgehead atoms. The lowest BCUT2D eigenvalue weighted by Gasteiger charge is -2.30. The number of halogens is 1. The molecule has 0 saturated carbocycles. The molecule has 7 heteroatoms. The molecule has 1 N–H and O–H groups in total. The zero-order chi connectivity index (χ0) is 24.4. The number of rotatable bonds is 12. The predicted molar refractivity (Wildman–Crippen MR) is 135 cm³/mol. The van der Waals surface area contributed by atoms with E-state index in [1.165, 1.54) is 0 Å². The summed E-state index contributed by atoms with van der Waals surface area (Å²) in [5.41, 5.74) is 2.99. The Morgan fingerprint density at radius 3 is 2.24 bits per heavy atom. The van der Waals surface area contributed by atoms with Gasteiger partial charge in [0.15, 0.2) is 6.61 Å². The second kappa shape index (κ2) is 13.2. The molecular weight excluding hydrogens is 484 g/mol. The van der Waals surface area contributed by atoms with Crippen LogP contribution in [-0.4, -0.2) is 43.0 Å². The molecule has 0 radical (unpaired) electrons. The van der Waals surface area contributed by atoms with Gasteiger partial charge in [0.05, 0.1) is 7.11 Å².